The van der Waals surface area contributed by atoms with E-state index in [2.05, 4.69) is 55.3 Å². The number of hydrogen-bond donors (Lipinski definition) is 0. The summed E-state index contributed by atoms with van der Waals surface area (Å²) in [4.78, 5) is 4.51. The molecule has 134 valence electrons. The smallest absolute Gasteiger partial charge is 0.177 e. The minimum Gasteiger partial charge on any atom is -0.352 e. The van der Waals surface area contributed by atoms with Crippen molar-refractivity contribution in [1.29, 1.82) is 0 Å². The second-order valence-electron chi connectivity index (χ2n) is 7.52. The molecule has 0 radical (unpaired) electrons. The SMILES string of the molecule is CC1CCc2nnc(N(C)C3CN(c4ccc5nncn5n4)C3)cc2C1. The maximum Gasteiger partial charge on any atom is 0.177 e. The molecule has 1 atom stereocenters. The first-order valence-electron chi connectivity index (χ1n) is 9.17. The molecule has 26 heavy (non-hydrogen) atoms. The van der Waals surface area contributed by atoms with E-state index in [1.54, 1.807) is 10.8 Å². The van der Waals surface area contributed by atoms with Gasteiger partial charge in [-0.2, -0.15) is 9.61 Å². The molecule has 0 N–H and O–H groups in total. The van der Waals surface area contributed by atoms with Gasteiger partial charge in [0.15, 0.2) is 11.5 Å². The van der Waals surface area contributed by atoms with Crippen molar-refractivity contribution in [3.63, 3.8) is 0 Å². The largest absolute Gasteiger partial charge is 0.352 e. The first kappa shape index (κ1) is 15.5. The number of aromatic nitrogens is 6. The van der Waals surface area contributed by atoms with Gasteiger partial charge in [-0.05, 0) is 48.9 Å². The minimum absolute atomic E-state index is 0.418. The molecule has 1 unspecified atom stereocenters. The highest BCUT2D eigenvalue weighted by Gasteiger charge is 2.32. The summed E-state index contributed by atoms with van der Waals surface area (Å²) in [5.41, 5.74) is 3.32. The Morgan fingerprint density at radius 3 is 2.92 bits per heavy atom. The van der Waals surface area contributed by atoms with Crippen LogP contribution in [-0.4, -0.2) is 56.2 Å². The van der Waals surface area contributed by atoms with Gasteiger partial charge < -0.3 is 9.80 Å². The van der Waals surface area contributed by atoms with Crippen molar-refractivity contribution in [3.8, 4) is 0 Å². The van der Waals surface area contributed by atoms with E-state index in [1.807, 2.05) is 12.1 Å². The third-order valence-corrected chi connectivity index (χ3v) is 5.63. The van der Waals surface area contributed by atoms with Crippen molar-refractivity contribution in [3.05, 3.63) is 35.8 Å². The van der Waals surface area contributed by atoms with Crippen molar-refractivity contribution in [2.45, 2.75) is 32.2 Å². The van der Waals surface area contributed by atoms with Gasteiger partial charge in [0.2, 0.25) is 0 Å². The number of rotatable bonds is 3. The lowest BCUT2D eigenvalue weighted by Crippen LogP contribution is -2.59. The number of nitrogens with zero attached hydrogens (tertiary/aromatic N) is 8. The summed E-state index contributed by atoms with van der Waals surface area (Å²) in [5, 5.41) is 21.4. The van der Waals surface area contributed by atoms with Gasteiger partial charge in [0.1, 0.15) is 12.1 Å². The summed E-state index contributed by atoms with van der Waals surface area (Å²) < 4.78 is 1.71. The maximum absolute atomic E-state index is 4.56. The third kappa shape index (κ3) is 2.56. The highest BCUT2D eigenvalue weighted by Crippen LogP contribution is 2.28. The third-order valence-electron chi connectivity index (χ3n) is 5.63. The molecule has 0 spiro atoms. The Labute approximate surface area is 151 Å². The predicted molar refractivity (Wildman–Crippen MR) is 98.4 cm³/mol. The molecule has 8 nitrogen and oxygen atoms in total. The highest BCUT2D eigenvalue weighted by molar-refractivity contribution is 5.51. The zero-order valence-corrected chi connectivity index (χ0v) is 15.1. The van der Waals surface area contributed by atoms with Crippen LogP contribution < -0.4 is 9.80 Å². The van der Waals surface area contributed by atoms with Gasteiger partial charge in [0.05, 0.1) is 11.7 Å². The van der Waals surface area contributed by atoms with Gasteiger partial charge in [0.25, 0.3) is 0 Å². The van der Waals surface area contributed by atoms with Crippen LogP contribution in [-0.2, 0) is 12.8 Å². The average Bonchev–Trinajstić information content (AvgIpc) is 3.07. The Morgan fingerprint density at radius 2 is 2.04 bits per heavy atom. The number of likely N-dealkylation sites (N-methyl/N-ethyl adjacent to an activating group) is 1. The molecule has 3 aromatic rings. The quantitative estimate of drug-likeness (QED) is 0.706. The lowest BCUT2D eigenvalue weighted by atomic mass is 9.88. The van der Waals surface area contributed by atoms with Crippen molar-refractivity contribution in [2.75, 3.05) is 29.9 Å². The highest BCUT2D eigenvalue weighted by atomic mass is 15.4. The van der Waals surface area contributed by atoms with Gasteiger partial charge in [0, 0.05) is 20.1 Å². The molecule has 8 heteroatoms. The molecular weight excluding hydrogens is 328 g/mol. The Hall–Kier alpha value is -2.77. The summed E-state index contributed by atoms with van der Waals surface area (Å²) >= 11 is 0. The van der Waals surface area contributed by atoms with Gasteiger partial charge in [-0.3, -0.25) is 0 Å². The fraction of sp³-hybridized carbons (Fsp3) is 0.500. The Morgan fingerprint density at radius 1 is 1.15 bits per heavy atom. The molecule has 3 aromatic heterocycles. The summed E-state index contributed by atoms with van der Waals surface area (Å²) in [5.74, 6) is 2.67. The Kier molecular flexibility index (Phi) is 3.51. The second-order valence-corrected chi connectivity index (χ2v) is 7.52. The van der Waals surface area contributed by atoms with Crippen LogP contribution in [0.3, 0.4) is 0 Å². The van der Waals surface area contributed by atoms with Gasteiger partial charge >= 0.3 is 0 Å². The lowest BCUT2D eigenvalue weighted by molar-refractivity contribution is 0.477. The van der Waals surface area contributed by atoms with E-state index >= 15 is 0 Å². The minimum atomic E-state index is 0.418. The summed E-state index contributed by atoms with van der Waals surface area (Å²) in [7, 11) is 2.11. The van der Waals surface area contributed by atoms with Crippen LogP contribution in [0.15, 0.2) is 24.5 Å². The van der Waals surface area contributed by atoms with E-state index in [0.29, 0.717) is 6.04 Å². The first-order valence-corrected chi connectivity index (χ1v) is 9.17. The number of hydrogen-bond acceptors (Lipinski definition) is 7. The van der Waals surface area contributed by atoms with Crippen LogP contribution >= 0.6 is 0 Å². The van der Waals surface area contributed by atoms with Crippen LogP contribution in [0.5, 0.6) is 0 Å². The molecule has 5 rings (SSSR count). The number of fused-ring (bicyclic) bond motifs is 2. The molecule has 1 aliphatic carbocycles. The van der Waals surface area contributed by atoms with Crippen LogP contribution in [0.2, 0.25) is 0 Å². The fourth-order valence-electron chi connectivity index (χ4n) is 3.83. The topological polar surface area (TPSA) is 75.3 Å². The molecule has 0 saturated carbocycles. The van der Waals surface area contributed by atoms with E-state index in [4.69, 9.17) is 0 Å². The van der Waals surface area contributed by atoms with E-state index < -0.39 is 0 Å². The summed E-state index contributed by atoms with van der Waals surface area (Å²) in [6.07, 6.45) is 5.03. The fourth-order valence-corrected chi connectivity index (χ4v) is 3.83. The van der Waals surface area contributed by atoms with Crippen LogP contribution in [0.4, 0.5) is 11.6 Å². The van der Waals surface area contributed by atoms with E-state index in [9.17, 15) is 0 Å². The van der Waals surface area contributed by atoms with Crippen molar-refractivity contribution in [1.82, 2.24) is 30.0 Å². The predicted octanol–water partition coefficient (Wildman–Crippen LogP) is 1.36. The summed E-state index contributed by atoms with van der Waals surface area (Å²) in [6, 6.07) is 6.60. The van der Waals surface area contributed by atoms with Gasteiger partial charge in [-0.15, -0.1) is 20.4 Å². The van der Waals surface area contributed by atoms with E-state index in [1.165, 1.54) is 17.7 Å². The Bertz CT molecular complexity index is 945. The van der Waals surface area contributed by atoms with E-state index in [-0.39, 0.29) is 0 Å². The van der Waals surface area contributed by atoms with E-state index in [0.717, 1.165) is 49.1 Å². The van der Waals surface area contributed by atoms with Crippen molar-refractivity contribution < 1.29 is 0 Å². The van der Waals surface area contributed by atoms with Crippen LogP contribution in [0, 0.1) is 5.92 Å². The Balaban J connectivity index is 1.29. The van der Waals surface area contributed by atoms with Crippen molar-refractivity contribution in [2.24, 2.45) is 5.92 Å². The standard InChI is InChI=1S/C18H22N8/c1-12-3-4-15-13(7-12)8-18(22-20-15)24(2)14-9-25(10-14)17-6-5-16-21-19-11-26(16)23-17/h5-6,8,11-12,14H,3-4,7,9-10H2,1-2H3. The molecule has 0 aromatic carbocycles. The van der Waals surface area contributed by atoms with Crippen molar-refractivity contribution >= 4 is 17.3 Å². The first-order chi connectivity index (χ1) is 12.7. The maximum atomic E-state index is 4.56. The zero-order valence-electron chi connectivity index (χ0n) is 15.1. The molecule has 4 heterocycles. The summed E-state index contributed by atoms with van der Waals surface area (Å²) in [6.45, 7) is 4.16. The molecular formula is C18H22N8. The molecule has 1 fully saturated rings. The lowest BCUT2D eigenvalue weighted by Gasteiger charge is -2.44. The molecule has 1 saturated heterocycles. The molecule has 0 amide bonds. The molecule has 0 bridgehead atoms. The number of anilines is 2. The number of aryl methyl sites for hydroxylation is 1. The van der Waals surface area contributed by atoms with Gasteiger partial charge in [-0.1, -0.05) is 6.92 Å². The monoisotopic (exact) mass is 350 g/mol. The van der Waals surface area contributed by atoms with Crippen LogP contribution in [0.1, 0.15) is 24.6 Å². The van der Waals surface area contributed by atoms with Crippen LogP contribution in [0.25, 0.3) is 5.65 Å². The normalized spacial score (nSPS) is 20.1. The molecule has 2 aliphatic rings. The second kappa shape index (κ2) is 5.89. The average molecular weight is 350 g/mol. The zero-order chi connectivity index (χ0) is 17.7. The molecule has 1 aliphatic heterocycles. The van der Waals surface area contributed by atoms with Gasteiger partial charge in [-0.25, -0.2) is 0 Å².